The van der Waals surface area contributed by atoms with Crippen molar-refractivity contribution in [1.29, 1.82) is 0 Å². The molecule has 0 amide bonds. The van der Waals surface area contributed by atoms with E-state index in [4.69, 9.17) is 0 Å². The zero-order valence-electron chi connectivity index (χ0n) is 12.6. The highest BCUT2D eigenvalue weighted by Crippen LogP contribution is 2.32. The van der Waals surface area contributed by atoms with E-state index in [1.54, 1.807) is 11.3 Å². The predicted octanol–water partition coefficient (Wildman–Crippen LogP) is 4.58. The first-order valence-corrected chi connectivity index (χ1v) is 9.07. The second-order valence-electron chi connectivity index (χ2n) is 6.40. The first-order valence-electron chi connectivity index (χ1n) is 7.40. The van der Waals surface area contributed by atoms with Crippen LogP contribution in [0.5, 0.6) is 0 Å². The van der Waals surface area contributed by atoms with E-state index >= 15 is 0 Å². The van der Waals surface area contributed by atoms with Crippen molar-refractivity contribution in [3.05, 3.63) is 20.8 Å². The van der Waals surface area contributed by atoms with Crippen molar-refractivity contribution >= 4 is 33.0 Å². The first kappa shape index (κ1) is 16.2. The van der Waals surface area contributed by atoms with Crippen LogP contribution in [0.1, 0.15) is 38.7 Å². The van der Waals surface area contributed by atoms with Crippen molar-refractivity contribution in [3.63, 3.8) is 0 Å². The SMILES string of the molecule is CC(C)C1CCC(=O)C(CN(C)Cc2csc(Br)c2)C1. The lowest BCUT2D eigenvalue weighted by atomic mass is 9.75. The summed E-state index contributed by atoms with van der Waals surface area (Å²) in [5.41, 5.74) is 1.33. The van der Waals surface area contributed by atoms with Crippen molar-refractivity contribution in [2.24, 2.45) is 17.8 Å². The molecule has 2 unspecified atom stereocenters. The smallest absolute Gasteiger partial charge is 0.137 e. The monoisotopic (exact) mass is 357 g/mol. The molecule has 20 heavy (non-hydrogen) atoms. The highest BCUT2D eigenvalue weighted by Gasteiger charge is 2.30. The van der Waals surface area contributed by atoms with Crippen LogP contribution in [-0.4, -0.2) is 24.3 Å². The highest BCUT2D eigenvalue weighted by atomic mass is 79.9. The molecule has 2 atom stereocenters. The lowest BCUT2D eigenvalue weighted by Gasteiger charge is -2.32. The van der Waals surface area contributed by atoms with Gasteiger partial charge in [0.25, 0.3) is 0 Å². The molecule has 0 aromatic carbocycles. The Balaban J connectivity index is 1.88. The largest absolute Gasteiger partial charge is 0.301 e. The second-order valence-corrected chi connectivity index (χ2v) is 8.69. The van der Waals surface area contributed by atoms with Gasteiger partial charge in [0, 0.05) is 25.4 Å². The number of hydrogen-bond acceptors (Lipinski definition) is 3. The predicted molar refractivity (Wildman–Crippen MR) is 89.0 cm³/mol. The third-order valence-electron chi connectivity index (χ3n) is 4.35. The van der Waals surface area contributed by atoms with Crippen molar-refractivity contribution in [2.75, 3.05) is 13.6 Å². The van der Waals surface area contributed by atoms with Crippen LogP contribution in [0.25, 0.3) is 0 Å². The van der Waals surface area contributed by atoms with E-state index in [1.807, 2.05) is 0 Å². The summed E-state index contributed by atoms with van der Waals surface area (Å²) in [5, 5.41) is 2.18. The Morgan fingerprint density at radius 3 is 2.85 bits per heavy atom. The van der Waals surface area contributed by atoms with Crippen LogP contribution < -0.4 is 0 Å². The average Bonchev–Trinajstić information content (AvgIpc) is 2.77. The number of nitrogens with zero attached hydrogens (tertiary/aromatic N) is 1. The van der Waals surface area contributed by atoms with E-state index < -0.39 is 0 Å². The highest BCUT2D eigenvalue weighted by molar-refractivity contribution is 9.11. The van der Waals surface area contributed by atoms with E-state index in [0.717, 1.165) is 38.3 Å². The maximum Gasteiger partial charge on any atom is 0.137 e. The van der Waals surface area contributed by atoms with Crippen LogP contribution in [0.3, 0.4) is 0 Å². The summed E-state index contributed by atoms with van der Waals surface area (Å²) in [4.78, 5) is 14.4. The topological polar surface area (TPSA) is 20.3 Å². The van der Waals surface area contributed by atoms with Crippen LogP contribution in [0.15, 0.2) is 15.2 Å². The molecule has 4 heteroatoms. The zero-order valence-corrected chi connectivity index (χ0v) is 15.0. The van der Waals surface area contributed by atoms with Crippen LogP contribution in [-0.2, 0) is 11.3 Å². The molecule has 1 aromatic rings. The molecular formula is C16H24BrNOS. The number of Topliss-reactive ketones (excluding diaryl/α,β-unsaturated/α-hetero) is 1. The minimum Gasteiger partial charge on any atom is -0.301 e. The Kier molecular flexibility index (Phi) is 5.82. The maximum absolute atomic E-state index is 12.1. The molecule has 0 N–H and O–H groups in total. The van der Waals surface area contributed by atoms with E-state index in [1.165, 1.54) is 9.35 Å². The number of carbonyl (C=O) groups is 1. The van der Waals surface area contributed by atoms with Crippen LogP contribution >= 0.6 is 27.3 Å². The minimum absolute atomic E-state index is 0.239. The molecule has 1 saturated carbocycles. The van der Waals surface area contributed by atoms with Gasteiger partial charge >= 0.3 is 0 Å². The third-order valence-corrected chi connectivity index (χ3v) is 5.91. The molecule has 1 aromatic heterocycles. The molecule has 1 fully saturated rings. The Morgan fingerprint density at radius 1 is 1.50 bits per heavy atom. The maximum atomic E-state index is 12.1. The number of thiophene rings is 1. The van der Waals surface area contributed by atoms with E-state index in [2.05, 4.69) is 53.2 Å². The fourth-order valence-electron chi connectivity index (χ4n) is 3.11. The van der Waals surface area contributed by atoms with Gasteiger partial charge in [0.1, 0.15) is 5.78 Å². The molecule has 2 rings (SSSR count). The summed E-state index contributed by atoms with van der Waals surface area (Å²) in [7, 11) is 2.12. The van der Waals surface area contributed by atoms with Crippen LogP contribution in [0.4, 0.5) is 0 Å². The van der Waals surface area contributed by atoms with Gasteiger partial charge in [-0.3, -0.25) is 4.79 Å². The molecule has 0 bridgehead atoms. The number of carbonyl (C=O) groups excluding carboxylic acids is 1. The number of hydrogen-bond donors (Lipinski definition) is 0. The molecule has 0 saturated heterocycles. The third kappa shape index (κ3) is 4.40. The summed E-state index contributed by atoms with van der Waals surface area (Å²) in [5.74, 6) is 2.13. The molecule has 1 aliphatic rings. The Labute approximate surface area is 134 Å². The zero-order chi connectivity index (χ0) is 14.7. The number of rotatable bonds is 5. The lowest BCUT2D eigenvalue weighted by Crippen LogP contribution is -2.35. The molecule has 0 aliphatic heterocycles. The van der Waals surface area contributed by atoms with E-state index in [-0.39, 0.29) is 5.92 Å². The van der Waals surface area contributed by atoms with Gasteiger partial charge in [0.15, 0.2) is 0 Å². The van der Waals surface area contributed by atoms with Crippen molar-refractivity contribution in [2.45, 2.75) is 39.7 Å². The Morgan fingerprint density at radius 2 is 2.25 bits per heavy atom. The quantitative estimate of drug-likeness (QED) is 0.768. The van der Waals surface area contributed by atoms with Gasteiger partial charge in [-0.2, -0.15) is 0 Å². The van der Waals surface area contributed by atoms with Crippen LogP contribution in [0.2, 0.25) is 0 Å². The Bertz CT molecular complexity index is 457. The van der Waals surface area contributed by atoms with Crippen molar-refractivity contribution < 1.29 is 4.79 Å². The molecular weight excluding hydrogens is 334 g/mol. The van der Waals surface area contributed by atoms with Gasteiger partial charge in [0.05, 0.1) is 3.79 Å². The lowest BCUT2D eigenvalue weighted by molar-refractivity contribution is -0.126. The number of halogens is 1. The van der Waals surface area contributed by atoms with Gasteiger partial charge < -0.3 is 4.90 Å². The average molecular weight is 358 g/mol. The number of ketones is 1. The summed E-state index contributed by atoms with van der Waals surface area (Å²) < 4.78 is 1.18. The summed E-state index contributed by atoms with van der Waals surface area (Å²) in [6, 6.07) is 2.17. The standard InChI is InChI=1S/C16H24BrNOS/c1-11(2)13-4-5-15(19)14(7-13)9-18(3)8-12-6-16(17)20-10-12/h6,10-11,13-14H,4-5,7-9H2,1-3H3. The van der Waals surface area contributed by atoms with Crippen molar-refractivity contribution in [1.82, 2.24) is 4.90 Å². The minimum atomic E-state index is 0.239. The summed E-state index contributed by atoms with van der Waals surface area (Å²) >= 11 is 5.22. The van der Waals surface area contributed by atoms with Gasteiger partial charge in [-0.05, 0) is 64.7 Å². The van der Waals surface area contributed by atoms with E-state index in [0.29, 0.717) is 11.7 Å². The van der Waals surface area contributed by atoms with Gasteiger partial charge in [-0.15, -0.1) is 11.3 Å². The van der Waals surface area contributed by atoms with Crippen LogP contribution in [0, 0.1) is 17.8 Å². The van der Waals surface area contributed by atoms with E-state index in [9.17, 15) is 4.79 Å². The first-order chi connectivity index (χ1) is 9.45. The molecule has 112 valence electrons. The molecule has 0 spiro atoms. The Hall–Kier alpha value is -0.190. The molecule has 1 heterocycles. The second kappa shape index (κ2) is 7.19. The van der Waals surface area contributed by atoms with Crippen molar-refractivity contribution in [3.8, 4) is 0 Å². The fourth-order valence-corrected chi connectivity index (χ4v) is 4.31. The summed E-state index contributed by atoms with van der Waals surface area (Å²) in [6.07, 6.45) is 2.95. The normalized spacial score (nSPS) is 23.8. The van der Waals surface area contributed by atoms with Gasteiger partial charge in [0.2, 0.25) is 0 Å². The van der Waals surface area contributed by atoms with Gasteiger partial charge in [-0.1, -0.05) is 13.8 Å². The molecule has 1 aliphatic carbocycles. The fraction of sp³-hybridized carbons (Fsp3) is 0.688. The van der Waals surface area contributed by atoms with Gasteiger partial charge in [-0.25, -0.2) is 0 Å². The summed E-state index contributed by atoms with van der Waals surface area (Å²) in [6.45, 7) is 6.39. The molecule has 0 radical (unpaired) electrons. The molecule has 2 nitrogen and oxygen atoms in total.